The largest absolute Gasteiger partial charge is 0.472 e. The zero-order valence-corrected chi connectivity index (χ0v) is 40.8. The zero-order valence-electron chi connectivity index (χ0n) is 39.9. The maximum Gasteiger partial charge on any atom is 0.472 e. The first-order chi connectivity index (χ1) is 32.2. The Hall–Kier alpha value is -3.31. The lowest BCUT2D eigenvalue weighted by molar-refractivity contribution is -0.220. The van der Waals surface area contributed by atoms with Gasteiger partial charge in [0.05, 0.1) is 18.8 Å². The number of ether oxygens (including phenoxy) is 2. The summed E-state index contributed by atoms with van der Waals surface area (Å²) in [6, 6.07) is 0. The second kappa shape index (κ2) is 39.5. The minimum atomic E-state index is -5.20. The molecule has 382 valence electrons. The van der Waals surface area contributed by atoms with Crippen molar-refractivity contribution in [2.75, 3.05) is 13.2 Å². The molecule has 10 atom stereocenters. The lowest BCUT2D eigenvalue weighted by Gasteiger charge is -2.41. The minimum Gasteiger partial charge on any atom is -0.462 e. The molecule has 0 amide bonds. The van der Waals surface area contributed by atoms with Gasteiger partial charge < -0.3 is 50.1 Å². The monoisotopic (exact) mass is 967 g/mol. The SMILES string of the molecule is CCCCC/C=C\C/C=C\C/C=C\C/C=C\CCCCCC(=O)O[C@H](COC(=O)CCC[C@H](O)\C=C/C=C/C=C/[C@H](O)C/C=C\CCCCC)COP(=O)(O)OC1[C@H](O)[C@H](O)C(O)[C@H](O)[C@H]1O. The van der Waals surface area contributed by atoms with Gasteiger partial charge in [-0.3, -0.25) is 18.6 Å². The summed E-state index contributed by atoms with van der Waals surface area (Å²) in [5.41, 5.74) is 0. The van der Waals surface area contributed by atoms with Crippen molar-refractivity contribution in [3.05, 3.63) is 97.2 Å². The number of carbonyl (C=O) groups is 2. The van der Waals surface area contributed by atoms with E-state index in [9.17, 15) is 54.8 Å². The highest BCUT2D eigenvalue weighted by Gasteiger charge is 2.51. The van der Waals surface area contributed by atoms with Crippen LogP contribution in [0.25, 0.3) is 0 Å². The minimum absolute atomic E-state index is 0.000595. The maximum atomic E-state index is 12.8. The molecule has 67 heavy (non-hydrogen) atoms. The molecule has 3 unspecified atom stereocenters. The summed E-state index contributed by atoms with van der Waals surface area (Å²) in [6.07, 6.45) is 32.1. The predicted octanol–water partition coefficient (Wildman–Crippen LogP) is 7.77. The van der Waals surface area contributed by atoms with Gasteiger partial charge in [0, 0.05) is 12.8 Å². The molecule has 8 N–H and O–H groups in total. The van der Waals surface area contributed by atoms with Gasteiger partial charge in [-0.1, -0.05) is 143 Å². The second-order valence-corrected chi connectivity index (χ2v) is 18.1. The number of aliphatic hydroxyl groups is 7. The summed E-state index contributed by atoms with van der Waals surface area (Å²) in [6.45, 7) is 2.96. The van der Waals surface area contributed by atoms with Crippen molar-refractivity contribution < 1.29 is 73.3 Å². The molecular weight excluding hydrogens is 884 g/mol. The summed E-state index contributed by atoms with van der Waals surface area (Å²) in [5.74, 6) is -1.39. The van der Waals surface area contributed by atoms with Crippen LogP contribution in [0.15, 0.2) is 97.2 Å². The smallest absolute Gasteiger partial charge is 0.462 e. The van der Waals surface area contributed by atoms with Crippen LogP contribution in [0.1, 0.15) is 142 Å². The maximum absolute atomic E-state index is 12.8. The fraction of sp³-hybridized carbons (Fsp3) is 0.647. The number of esters is 2. The Morgan fingerprint density at radius 3 is 1.58 bits per heavy atom. The molecule has 0 aromatic heterocycles. The average Bonchev–Trinajstić information content (AvgIpc) is 3.30. The highest BCUT2D eigenvalue weighted by Crippen LogP contribution is 2.47. The van der Waals surface area contributed by atoms with Crippen molar-refractivity contribution in [3.8, 4) is 0 Å². The molecule has 0 heterocycles. The highest BCUT2D eigenvalue weighted by atomic mass is 31.2. The van der Waals surface area contributed by atoms with E-state index in [0.717, 1.165) is 57.8 Å². The van der Waals surface area contributed by atoms with Gasteiger partial charge in [-0.25, -0.2) is 4.57 Å². The molecule has 0 spiro atoms. The van der Waals surface area contributed by atoms with Gasteiger partial charge in [0.15, 0.2) is 6.10 Å². The second-order valence-electron chi connectivity index (χ2n) is 16.7. The lowest BCUT2D eigenvalue weighted by Crippen LogP contribution is -2.64. The Morgan fingerprint density at radius 1 is 0.552 bits per heavy atom. The average molecular weight is 967 g/mol. The van der Waals surface area contributed by atoms with E-state index in [1.165, 1.54) is 32.1 Å². The molecule has 0 aliphatic heterocycles. The summed E-state index contributed by atoms with van der Waals surface area (Å²) in [7, 11) is -5.20. The molecule has 0 radical (unpaired) electrons. The third kappa shape index (κ3) is 32.2. The van der Waals surface area contributed by atoms with E-state index in [2.05, 4.69) is 68.5 Å². The lowest BCUT2D eigenvalue weighted by atomic mass is 9.85. The molecule has 0 bridgehead atoms. The number of carbonyl (C=O) groups excluding carboxylic acids is 2. The van der Waals surface area contributed by atoms with E-state index in [4.69, 9.17) is 18.5 Å². The van der Waals surface area contributed by atoms with Gasteiger partial charge >= 0.3 is 19.8 Å². The molecular formula is C51H83O15P. The van der Waals surface area contributed by atoms with Crippen LogP contribution in [0, 0.1) is 0 Å². The Kier molecular flexibility index (Phi) is 36.4. The number of rotatable bonds is 38. The quantitative estimate of drug-likeness (QED) is 0.00968. The number of phosphoric ester groups is 1. The van der Waals surface area contributed by atoms with Crippen LogP contribution in [0.4, 0.5) is 0 Å². The molecule has 0 saturated heterocycles. The first-order valence-corrected chi connectivity index (χ1v) is 25.8. The normalized spacial score (nSPS) is 23.0. The molecule has 1 aliphatic rings. The first-order valence-electron chi connectivity index (χ1n) is 24.3. The van der Waals surface area contributed by atoms with E-state index in [0.29, 0.717) is 12.8 Å². The summed E-state index contributed by atoms with van der Waals surface area (Å²) < 4.78 is 33.4. The van der Waals surface area contributed by atoms with Crippen LogP contribution in [-0.2, 0) is 32.7 Å². The van der Waals surface area contributed by atoms with Crippen molar-refractivity contribution in [2.24, 2.45) is 0 Å². The number of phosphoric acid groups is 1. The van der Waals surface area contributed by atoms with Gasteiger partial charge in [-0.05, 0) is 83.5 Å². The first kappa shape index (κ1) is 61.7. The Balaban J connectivity index is 2.59. The highest BCUT2D eigenvalue weighted by molar-refractivity contribution is 7.47. The fourth-order valence-corrected chi connectivity index (χ4v) is 7.55. The molecule has 0 aromatic rings. The third-order valence-corrected chi connectivity index (χ3v) is 11.6. The Bertz CT molecular complexity index is 1570. The summed E-state index contributed by atoms with van der Waals surface area (Å²) in [4.78, 5) is 35.8. The van der Waals surface area contributed by atoms with Crippen molar-refractivity contribution in [1.82, 2.24) is 0 Å². The van der Waals surface area contributed by atoms with Gasteiger partial charge in [0.25, 0.3) is 0 Å². The molecule has 1 aliphatic carbocycles. The van der Waals surface area contributed by atoms with Crippen molar-refractivity contribution in [3.63, 3.8) is 0 Å². The van der Waals surface area contributed by atoms with Crippen LogP contribution in [0.2, 0.25) is 0 Å². The van der Waals surface area contributed by atoms with Gasteiger partial charge in [0.1, 0.15) is 43.2 Å². The number of unbranched alkanes of at least 4 members (excludes halogenated alkanes) is 9. The molecule has 0 aromatic carbocycles. The number of aliphatic hydroxyl groups excluding tert-OH is 7. The number of hydrogen-bond acceptors (Lipinski definition) is 14. The van der Waals surface area contributed by atoms with E-state index in [1.54, 1.807) is 36.5 Å². The van der Waals surface area contributed by atoms with Crippen LogP contribution in [-0.4, -0.2) is 121 Å². The number of hydrogen-bond donors (Lipinski definition) is 8. The fourth-order valence-electron chi connectivity index (χ4n) is 6.58. The van der Waals surface area contributed by atoms with Crippen LogP contribution in [0.5, 0.6) is 0 Å². The van der Waals surface area contributed by atoms with Gasteiger partial charge in [-0.15, -0.1) is 0 Å². The predicted molar refractivity (Wildman–Crippen MR) is 260 cm³/mol. The molecule has 1 rings (SSSR count). The molecule has 15 nitrogen and oxygen atoms in total. The van der Waals surface area contributed by atoms with Crippen LogP contribution < -0.4 is 0 Å². The van der Waals surface area contributed by atoms with Crippen molar-refractivity contribution in [2.45, 2.75) is 197 Å². The van der Waals surface area contributed by atoms with Gasteiger partial charge in [-0.2, -0.15) is 0 Å². The van der Waals surface area contributed by atoms with E-state index >= 15 is 0 Å². The Morgan fingerprint density at radius 2 is 1.03 bits per heavy atom. The van der Waals surface area contributed by atoms with Crippen molar-refractivity contribution >= 4 is 19.8 Å². The summed E-state index contributed by atoms with van der Waals surface area (Å²) in [5, 5.41) is 70.6. The number of allylic oxidation sites excluding steroid dienone is 13. The van der Waals surface area contributed by atoms with Gasteiger partial charge in [0.2, 0.25) is 0 Å². The topological polar surface area (TPSA) is 250 Å². The van der Waals surface area contributed by atoms with Crippen LogP contribution >= 0.6 is 7.82 Å². The van der Waals surface area contributed by atoms with Crippen LogP contribution in [0.3, 0.4) is 0 Å². The Labute approximate surface area is 399 Å². The summed E-state index contributed by atoms with van der Waals surface area (Å²) >= 11 is 0. The molecule has 1 fully saturated rings. The van der Waals surface area contributed by atoms with E-state index in [-0.39, 0.29) is 25.7 Å². The molecule has 1 saturated carbocycles. The van der Waals surface area contributed by atoms with Crippen molar-refractivity contribution in [1.29, 1.82) is 0 Å². The van der Waals surface area contributed by atoms with E-state index in [1.807, 2.05) is 6.08 Å². The standard InChI is InChI=1S/C51H83O15P/c1-3-5-7-9-11-12-13-14-15-16-17-18-19-20-21-22-23-25-31-37-45(55)65-43(40-64-67(61,62)66-51-49(59)47(57)46(56)48(58)50(51)60)39-63-44(54)38-32-36-42(53)35-30-27-26-29-34-41(52)33-28-24-10-8-6-4-2/h11-12,14-15,17-18,20-21,24,26-30,34-35,41-43,46-53,56-60H,3-10,13,16,19,22-23,25,31-33,36-40H2,1-2H3,(H,61,62)/b12-11-,15-14-,18-17-,21-20-,27-26+,28-24-,34-29+,35-30-/t41-,42-,43-,46?,47-,48+,49-,50-,51?/m1/s1. The third-order valence-electron chi connectivity index (χ3n) is 10.6. The van der Waals surface area contributed by atoms with E-state index < -0.39 is 87.9 Å². The zero-order chi connectivity index (χ0) is 49.5. The molecule has 16 heteroatoms.